The third kappa shape index (κ3) is 2.07. The second-order valence-corrected chi connectivity index (χ2v) is 8.62. The summed E-state index contributed by atoms with van der Waals surface area (Å²) >= 11 is -1.63. The molecule has 0 fully saturated rings. The molecule has 1 aromatic rings. The normalized spacial score (nSPS) is 9.08. The molecule has 0 spiro atoms. The number of nitrogens with two attached hydrogens (primary N) is 1. The third-order valence-electron chi connectivity index (χ3n) is 1.48. The van der Waals surface area contributed by atoms with Crippen molar-refractivity contribution in [3.8, 4) is 0 Å². The van der Waals surface area contributed by atoms with Crippen LogP contribution in [0, 0.1) is 10.1 Å². The van der Waals surface area contributed by atoms with Gasteiger partial charge in [-0.25, -0.2) is 0 Å². The van der Waals surface area contributed by atoms with Gasteiger partial charge in [0.2, 0.25) is 0 Å². The molecule has 2 N–H and O–H groups in total. The minimum absolute atomic E-state index is 0.0693. The topological polar surface area (TPSA) is 69.2 Å². The molecule has 1 aromatic carbocycles. The molecule has 0 saturated heterocycles. The summed E-state index contributed by atoms with van der Waals surface area (Å²) in [5.41, 5.74) is 6.20. The van der Waals surface area contributed by atoms with Crippen LogP contribution in [0.25, 0.3) is 0 Å². The van der Waals surface area contributed by atoms with E-state index < -0.39 is 28.3 Å². The van der Waals surface area contributed by atoms with Gasteiger partial charge >= 0.3 is 85.0 Å². The van der Waals surface area contributed by atoms with Gasteiger partial charge in [0, 0.05) is 0 Å². The van der Waals surface area contributed by atoms with Gasteiger partial charge in [-0.05, 0) is 0 Å². The maximum absolute atomic E-state index is 10.3. The number of hydrogen-bond acceptors (Lipinski definition) is 3. The van der Waals surface area contributed by atoms with Crippen molar-refractivity contribution in [1.82, 2.24) is 0 Å². The van der Waals surface area contributed by atoms with Crippen LogP contribution in [0.15, 0.2) is 18.2 Å². The van der Waals surface area contributed by atoms with Crippen molar-refractivity contribution in [1.29, 1.82) is 0 Å². The van der Waals surface area contributed by atoms with Crippen LogP contribution in [0.3, 0.4) is 0 Å². The van der Waals surface area contributed by atoms with Crippen molar-refractivity contribution in [2.24, 2.45) is 0 Å². The fourth-order valence-electron chi connectivity index (χ4n) is 0.821. The number of non-ortho nitro benzene ring substituents is 1. The second-order valence-electron chi connectivity index (χ2n) is 2.27. The molecule has 0 atom stereocenters. The van der Waals surface area contributed by atoms with Crippen molar-refractivity contribution in [2.45, 2.75) is 0 Å². The van der Waals surface area contributed by atoms with Gasteiger partial charge in [0.05, 0.1) is 0 Å². The van der Waals surface area contributed by atoms with Crippen LogP contribution >= 0.6 is 8.25 Å². The fourth-order valence-corrected chi connectivity index (χ4v) is 5.02. The van der Waals surface area contributed by atoms with E-state index in [0.29, 0.717) is 5.69 Å². The van der Waals surface area contributed by atoms with Gasteiger partial charge in [-0.3, -0.25) is 0 Å². The molecule has 0 aromatic heterocycles. The monoisotopic (exact) mass is 374 g/mol. The number of benzene rings is 1. The Morgan fingerprint density at radius 1 is 1.58 bits per heavy atom. The summed E-state index contributed by atoms with van der Waals surface area (Å²) in [6.07, 6.45) is 0. The van der Waals surface area contributed by atoms with Crippen molar-refractivity contribution in [3.05, 3.63) is 28.3 Å². The Kier molecular flexibility index (Phi) is 3.28. The summed E-state index contributed by atoms with van der Waals surface area (Å²) in [5, 5.41) is 10.3. The van der Waals surface area contributed by atoms with Crippen molar-refractivity contribution in [2.75, 3.05) is 5.73 Å². The van der Waals surface area contributed by atoms with Crippen LogP contribution in [0.2, 0.25) is 0 Å². The van der Waals surface area contributed by atoms with Crippen LogP contribution in [-0.2, 0) is 23.3 Å². The Hall–Kier alpha value is -0.355. The average molecular weight is 373 g/mol. The Morgan fingerprint density at radius 3 is 2.75 bits per heavy atom. The molecule has 4 nitrogen and oxygen atoms in total. The van der Waals surface area contributed by atoms with E-state index >= 15 is 0 Å². The molecule has 6 heteroatoms. The van der Waals surface area contributed by atoms with E-state index in [1.807, 2.05) is 0 Å². The van der Waals surface area contributed by atoms with Crippen molar-refractivity contribution in [3.63, 3.8) is 0 Å². The number of nitro benzene ring substituents is 1. The number of nitrogen functional groups attached to an aromatic ring is 1. The van der Waals surface area contributed by atoms with Gasteiger partial charge in [0.1, 0.15) is 0 Å². The molecule has 0 heterocycles. The minimum atomic E-state index is -1.63. The van der Waals surface area contributed by atoms with Gasteiger partial charge in [-0.2, -0.15) is 0 Å². The molecule has 0 unspecified atom stereocenters. The molecule has 0 bridgehead atoms. The average Bonchev–Trinajstić information content (AvgIpc) is 2.05. The van der Waals surface area contributed by atoms with E-state index in [2.05, 4.69) is 0 Å². The Labute approximate surface area is 84.7 Å². The third-order valence-corrected chi connectivity index (χ3v) is 7.51. The standard InChI is InChI=1S/C6H5N2O2.ClH.Hg/c7-5-1-3-6(4-2-5)8(9)10;;/h1,3-4H,7H2;1H;/q;;+1/p-1. The van der Waals surface area contributed by atoms with Gasteiger partial charge < -0.3 is 0 Å². The molecule has 12 heavy (non-hydrogen) atoms. The molecular formula is C6H5ClHgN2O2. The van der Waals surface area contributed by atoms with Gasteiger partial charge in [-0.1, -0.05) is 0 Å². The van der Waals surface area contributed by atoms with Crippen molar-refractivity contribution >= 4 is 22.7 Å². The SMILES string of the molecule is Nc1ccc([N+](=O)[O-])c[c]1[Hg][Cl]. The quantitative estimate of drug-likeness (QED) is 0.365. The zero-order valence-electron chi connectivity index (χ0n) is 6.16. The first-order valence-corrected chi connectivity index (χ1v) is 12.8. The summed E-state index contributed by atoms with van der Waals surface area (Å²) in [6, 6.07) is 4.40. The zero-order valence-corrected chi connectivity index (χ0v) is 12.4. The predicted octanol–water partition coefficient (Wildman–Crippen LogP) is 1.04. The molecule has 0 radical (unpaired) electrons. The number of hydrogen-bond donors (Lipinski definition) is 1. The summed E-state index contributed by atoms with van der Waals surface area (Å²) in [4.78, 5) is 9.89. The molecule has 60 valence electrons. The molecule has 0 amide bonds. The van der Waals surface area contributed by atoms with Crippen LogP contribution < -0.4 is 8.81 Å². The molecule has 0 aliphatic rings. The molecule has 0 aliphatic heterocycles. The number of nitrogens with zero attached hydrogens (tertiary/aromatic N) is 1. The van der Waals surface area contributed by atoms with Crippen LogP contribution in [0.5, 0.6) is 0 Å². The van der Waals surface area contributed by atoms with Crippen LogP contribution in [-0.4, -0.2) is 4.92 Å². The first-order chi connectivity index (χ1) is 5.65. The van der Waals surface area contributed by atoms with E-state index in [4.69, 9.17) is 14.0 Å². The summed E-state index contributed by atoms with van der Waals surface area (Å²) < 4.78 is 0.811. The van der Waals surface area contributed by atoms with E-state index in [1.54, 1.807) is 0 Å². The van der Waals surface area contributed by atoms with Gasteiger partial charge in [-0.15, -0.1) is 0 Å². The van der Waals surface area contributed by atoms with Crippen molar-refractivity contribution < 1.29 is 28.3 Å². The fraction of sp³-hybridized carbons (Fsp3) is 0. The Morgan fingerprint density at radius 2 is 2.25 bits per heavy atom. The van der Waals surface area contributed by atoms with E-state index in [9.17, 15) is 10.1 Å². The van der Waals surface area contributed by atoms with E-state index in [0.717, 1.165) is 3.07 Å². The predicted molar refractivity (Wildman–Crippen MR) is 43.0 cm³/mol. The van der Waals surface area contributed by atoms with Gasteiger partial charge in [0.15, 0.2) is 0 Å². The van der Waals surface area contributed by atoms with Crippen LogP contribution in [0.1, 0.15) is 0 Å². The molecule has 1 rings (SSSR count). The van der Waals surface area contributed by atoms with E-state index in [-0.39, 0.29) is 5.69 Å². The second kappa shape index (κ2) is 4.05. The van der Waals surface area contributed by atoms with E-state index in [1.165, 1.54) is 18.2 Å². The number of halogens is 1. The summed E-state index contributed by atoms with van der Waals surface area (Å²) in [6.45, 7) is 0. The Bertz CT molecular complexity index is 318. The number of anilines is 1. The molecule has 0 saturated carbocycles. The zero-order chi connectivity index (χ0) is 9.14. The number of rotatable bonds is 2. The van der Waals surface area contributed by atoms with Crippen LogP contribution in [0.4, 0.5) is 11.4 Å². The van der Waals surface area contributed by atoms with Gasteiger partial charge in [0.25, 0.3) is 0 Å². The molecular weight excluding hydrogens is 368 g/mol. The summed E-state index contributed by atoms with van der Waals surface area (Å²) in [5.74, 6) is 0. The Balaban J connectivity index is 3.13. The number of nitro groups is 1. The summed E-state index contributed by atoms with van der Waals surface area (Å²) in [7, 11) is 5.73. The molecule has 0 aliphatic carbocycles. The maximum atomic E-state index is 10.3. The first-order valence-electron chi connectivity index (χ1n) is 3.24. The first kappa shape index (κ1) is 9.73.